The lowest BCUT2D eigenvalue weighted by molar-refractivity contribution is 0.514. The molecule has 0 saturated carbocycles. The summed E-state index contributed by atoms with van der Waals surface area (Å²) in [5, 5.41) is 3.24. The Labute approximate surface area is 117 Å². The van der Waals surface area contributed by atoms with Crippen molar-refractivity contribution in [3.63, 3.8) is 0 Å². The molecule has 0 bridgehead atoms. The molecule has 0 aliphatic rings. The van der Waals surface area contributed by atoms with Crippen LogP contribution in [0.25, 0.3) is 0 Å². The minimum Gasteiger partial charge on any atom is -0.315 e. The second kappa shape index (κ2) is 7.06. The number of benzene rings is 1. The summed E-state index contributed by atoms with van der Waals surface area (Å²) in [6.07, 6.45) is 4.56. The molecule has 0 aliphatic carbocycles. The van der Waals surface area contributed by atoms with Crippen LogP contribution in [0.1, 0.15) is 32.3 Å². The predicted octanol–water partition coefficient (Wildman–Crippen LogP) is 2.42. The first kappa shape index (κ1) is 16.2. The highest BCUT2D eigenvalue weighted by Crippen LogP contribution is 2.13. The summed E-state index contributed by atoms with van der Waals surface area (Å²) in [4.78, 5) is 0. The van der Waals surface area contributed by atoms with E-state index in [1.54, 1.807) is 13.8 Å². The molecule has 0 aromatic heterocycles. The van der Waals surface area contributed by atoms with Gasteiger partial charge < -0.3 is 5.32 Å². The van der Waals surface area contributed by atoms with Crippen LogP contribution in [0.3, 0.4) is 0 Å². The number of rotatable bonds is 8. The molecule has 0 heterocycles. The third kappa shape index (κ3) is 5.74. The van der Waals surface area contributed by atoms with E-state index in [-0.39, 0.29) is 0 Å². The van der Waals surface area contributed by atoms with E-state index < -0.39 is 14.6 Å². The summed E-state index contributed by atoms with van der Waals surface area (Å²) in [6, 6.07) is 10.4. The molecule has 0 unspecified atom stereocenters. The van der Waals surface area contributed by atoms with E-state index in [4.69, 9.17) is 0 Å². The second-order valence-corrected chi connectivity index (χ2v) is 8.30. The van der Waals surface area contributed by atoms with Gasteiger partial charge in [0.2, 0.25) is 0 Å². The fraction of sp³-hybridized carbons (Fsp3) is 0.600. The number of hydrogen-bond donors (Lipinski definition) is 1. The van der Waals surface area contributed by atoms with Gasteiger partial charge >= 0.3 is 0 Å². The first-order chi connectivity index (χ1) is 8.83. The van der Waals surface area contributed by atoms with Gasteiger partial charge in [-0.05, 0) is 45.2 Å². The molecule has 108 valence electrons. The highest BCUT2D eigenvalue weighted by atomic mass is 32.2. The fourth-order valence-corrected chi connectivity index (χ4v) is 2.11. The lowest BCUT2D eigenvalue weighted by atomic mass is 10.1. The zero-order valence-electron chi connectivity index (χ0n) is 12.1. The number of unbranched alkanes of at least 4 members (excludes halogenated alkanes) is 1. The molecule has 1 N–H and O–H groups in total. The van der Waals surface area contributed by atoms with Crippen LogP contribution in [-0.2, 0) is 16.3 Å². The molecule has 0 amide bonds. The maximum atomic E-state index is 11.5. The minimum absolute atomic E-state index is 0.511. The topological polar surface area (TPSA) is 46.2 Å². The smallest absolute Gasteiger partial charge is 0.153 e. The molecule has 4 heteroatoms. The summed E-state index contributed by atoms with van der Waals surface area (Å²) in [5.41, 5.74) is 1.36. The van der Waals surface area contributed by atoms with Crippen LogP contribution in [0.15, 0.2) is 30.3 Å². The van der Waals surface area contributed by atoms with Crippen LogP contribution in [0.5, 0.6) is 0 Å². The number of sulfone groups is 1. The molecule has 0 aliphatic heterocycles. The zero-order valence-corrected chi connectivity index (χ0v) is 13.0. The fourth-order valence-electron chi connectivity index (χ4n) is 1.74. The minimum atomic E-state index is -3.00. The van der Waals surface area contributed by atoms with E-state index in [0.717, 1.165) is 25.8 Å². The maximum absolute atomic E-state index is 11.5. The van der Waals surface area contributed by atoms with Gasteiger partial charge in [-0.15, -0.1) is 0 Å². The van der Waals surface area contributed by atoms with Crippen LogP contribution >= 0.6 is 0 Å². The van der Waals surface area contributed by atoms with Gasteiger partial charge in [-0.2, -0.15) is 0 Å². The van der Waals surface area contributed by atoms with Gasteiger partial charge in [0.05, 0.1) is 4.75 Å². The standard InChI is InChI=1S/C15H25NO2S/c1-15(2,19(3,17)18)13-16-12-8-7-11-14-9-5-4-6-10-14/h4-6,9-10,16H,7-8,11-13H2,1-3H3. The summed E-state index contributed by atoms with van der Waals surface area (Å²) in [5.74, 6) is 0. The number of hydrogen-bond acceptors (Lipinski definition) is 3. The average Bonchev–Trinajstić information content (AvgIpc) is 2.33. The Balaban J connectivity index is 2.16. The lowest BCUT2D eigenvalue weighted by Gasteiger charge is -2.22. The predicted molar refractivity (Wildman–Crippen MR) is 81.2 cm³/mol. The van der Waals surface area contributed by atoms with Gasteiger partial charge in [-0.1, -0.05) is 30.3 Å². The quantitative estimate of drug-likeness (QED) is 0.745. The van der Waals surface area contributed by atoms with Crippen molar-refractivity contribution in [3.05, 3.63) is 35.9 Å². The van der Waals surface area contributed by atoms with Gasteiger partial charge in [-0.3, -0.25) is 0 Å². The van der Waals surface area contributed by atoms with Gasteiger partial charge in [0.15, 0.2) is 9.84 Å². The molecule has 0 fully saturated rings. The van der Waals surface area contributed by atoms with Crippen molar-refractivity contribution in [2.45, 2.75) is 37.9 Å². The van der Waals surface area contributed by atoms with Gasteiger partial charge in [0.1, 0.15) is 0 Å². The van der Waals surface area contributed by atoms with E-state index in [0.29, 0.717) is 6.54 Å². The van der Waals surface area contributed by atoms with Crippen LogP contribution in [-0.4, -0.2) is 32.5 Å². The average molecular weight is 283 g/mol. The van der Waals surface area contributed by atoms with E-state index >= 15 is 0 Å². The molecule has 0 spiro atoms. The van der Waals surface area contributed by atoms with Crippen molar-refractivity contribution in [1.29, 1.82) is 0 Å². The van der Waals surface area contributed by atoms with Crippen LogP contribution in [0.4, 0.5) is 0 Å². The first-order valence-electron chi connectivity index (χ1n) is 6.77. The monoisotopic (exact) mass is 283 g/mol. The number of nitrogens with one attached hydrogen (secondary N) is 1. The van der Waals surface area contributed by atoms with Gasteiger partial charge in [0, 0.05) is 12.8 Å². The third-order valence-corrected chi connectivity index (χ3v) is 5.62. The Morgan fingerprint density at radius 1 is 1.11 bits per heavy atom. The normalized spacial score (nSPS) is 12.6. The molecule has 3 nitrogen and oxygen atoms in total. The Morgan fingerprint density at radius 3 is 2.32 bits per heavy atom. The van der Waals surface area contributed by atoms with Crippen molar-refractivity contribution in [1.82, 2.24) is 5.32 Å². The Kier molecular flexibility index (Phi) is 6.01. The summed E-state index contributed by atoms with van der Waals surface area (Å²) < 4.78 is 22.3. The molecular weight excluding hydrogens is 258 g/mol. The first-order valence-corrected chi connectivity index (χ1v) is 8.66. The zero-order chi connectivity index (χ0) is 14.4. The van der Waals surface area contributed by atoms with Crippen LogP contribution < -0.4 is 5.32 Å². The van der Waals surface area contributed by atoms with Crippen LogP contribution in [0.2, 0.25) is 0 Å². The van der Waals surface area contributed by atoms with Crippen LogP contribution in [0, 0.1) is 0 Å². The lowest BCUT2D eigenvalue weighted by Crippen LogP contribution is -2.41. The van der Waals surface area contributed by atoms with Crippen molar-refractivity contribution in [2.75, 3.05) is 19.3 Å². The van der Waals surface area contributed by atoms with Gasteiger partial charge in [0.25, 0.3) is 0 Å². The molecule has 1 rings (SSSR count). The highest BCUT2D eigenvalue weighted by molar-refractivity contribution is 7.92. The Hall–Kier alpha value is -0.870. The largest absolute Gasteiger partial charge is 0.315 e. The van der Waals surface area contributed by atoms with Crippen molar-refractivity contribution >= 4 is 9.84 Å². The second-order valence-electron chi connectivity index (χ2n) is 5.65. The van der Waals surface area contributed by atoms with Crippen molar-refractivity contribution in [3.8, 4) is 0 Å². The third-order valence-electron chi connectivity index (χ3n) is 3.47. The molecular formula is C15H25NO2S. The van der Waals surface area contributed by atoms with E-state index in [9.17, 15) is 8.42 Å². The Bertz CT molecular complexity index is 466. The maximum Gasteiger partial charge on any atom is 0.153 e. The van der Waals surface area contributed by atoms with E-state index in [2.05, 4.69) is 29.6 Å². The molecule has 19 heavy (non-hydrogen) atoms. The van der Waals surface area contributed by atoms with Crippen molar-refractivity contribution in [2.24, 2.45) is 0 Å². The SMILES string of the molecule is CC(C)(CNCCCCc1ccccc1)S(C)(=O)=O. The van der Waals surface area contributed by atoms with E-state index in [1.807, 2.05) is 6.07 Å². The number of aryl methyl sites for hydroxylation is 1. The van der Waals surface area contributed by atoms with E-state index in [1.165, 1.54) is 11.8 Å². The van der Waals surface area contributed by atoms with Gasteiger partial charge in [-0.25, -0.2) is 8.42 Å². The summed E-state index contributed by atoms with van der Waals surface area (Å²) in [7, 11) is -3.00. The molecule has 1 aromatic rings. The highest BCUT2D eigenvalue weighted by Gasteiger charge is 2.29. The summed E-state index contributed by atoms with van der Waals surface area (Å²) >= 11 is 0. The molecule has 0 saturated heterocycles. The summed E-state index contributed by atoms with van der Waals surface area (Å²) in [6.45, 7) is 4.90. The molecule has 0 atom stereocenters. The molecule has 0 radical (unpaired) electrons. The molecule has 1 aromatic carbocycles. The van der Waals surface area contributed by atoms with Crippen molar-refractivity contribution < 1.29 is 8.42 Å². The Morgan fingerprint density at radius 2 is 1.74 bits per heavy atom.